The molecule has 0 fully saturated rings. The molecule has 0 heterocycles. The van der Waals surface area contributed by atoms with Gasteiger partial charge in [0.05, 0.1) is 13.2 Å². The van der Waals surface area contributed by atoms with Crippen LogP contribution in [-0.2, 0) is 13.3 Å². The van der Waals surface area contributed by atoms with Gasteiger partial charge in [0.15, 0.2) is 0 Å². The molecule has 0 atom stereocenters. The molecule has 0 aliphatic heterocycles. The van der Waals surface area contributed by atoms with Gasteiger partial charge in [0.2, 0.25) is 0 Å². The number of rotatable bonds is 15. The van der Waals surface area contributed by atoms with Crippen LogP contribution in [-0.4, -0.2) is 76.6 Å². The number of hydrogen-bond donors (Lipinski definition) is 2. The van der Waals surface area contributed by atoms with E-state index in [1.807, 2.05) is 20.8 Å². The van der Waals surface area contributed by atoms with E-state index in [9.17, 15) is 0 Å². The van der Waals surface area contributed by atoms with E-state index in [1.54, 1.807) is 0 Å². The lowest BCUT2D eigenvalue weighted by molar-refractivity contribution is 0.0702. The molecule has 0 radical (unpaired) electrons. The molecule has 0 aromatic rings. The molecule has 0 aliphatic rings. The van der Waals surface area contributed by atoms with Crippen molar-refractivity contribution in [3.63, 3.8) is 0 Å². The second kappa shape index (κ2) is 13.6. The minimum absolute atomic E-state index is 0.121. The zero-order valence-corrected chi connectivity index (χ0v) is 14.8. The van der Waals surface area contributed by atoms with Gasteiger partial charge in [-0.15, -0.1) is 0 Å². The Balaban J connectivity index is 4.21. The molecule has 7 heteroatoms. The Bertz CT molecular complexity index is 210. The van der Waals surface area contributed by atoms with Crippen LogP contribution in [0.25, 0.3) is 0 Å². The first kappa shape index (κ1) is 21.0. The Hall–Kier alpha value is -0.0231. The molecule has 6 nitrogen and oxygen atoms in total. The van der Waals surface area contributed by atoms with Gasteiger partial charge in [-0.1, -0.05) is 0 Å². The highest BCUT2D eigenvalue weighted by atomic mass is 28.4. The normalized spacial score (nSPS) is 12.3. The van der Waals surface area contributed by atoms with Crippen molar-refractivity contribution >= 4 is 8.80 Å². The molecule has 0 aliphatic carbocycles. The first-order valence-corrected chi connectivity index (χ1v) is 9.97. The van der Waals surface area contributed by atoms with Crippen LogP contribution in [0.2, 0.25) is 6.04 Å². The van der Waals surface area contributed by atoms with E-state index in [0.29, 0.717) is 32.9 Å². The summed E-state index contributed by atoms with van der Waals surface area (Å²) >= 11 is 0. The van der Waals surface area contributed by atoms with E-state index in [-0.39, 0.29) is 13.2 Å². The first-order valence-electron chi connectivity index (χ1n) is 8.03. The molecule has 0 rings (SSSR count). The van der Waals surface area contributed by atoms with Gasteiger partial charge in [-0.3, -0.25) is 4.90 Å². The molecule has 0 saturated carbocycles. The van der Waals surface area contributed by atoms with Gasteiger partial charge < -0.3 is 23.5 Å². The molecule has 2 N–H and O–H groups in total. The van der Waals surface area contributed by atoms with Crippen molar-refractivity contribution < 1.29 is 23.5 Å². The van der Waals surface area contributed by atoms with Crippen molar-refractivity contribution in [3.8, 4) is 0 Å². The molecule has 0 amide bonds. The number of unbranched alkanes of at least 4 members (excludes halogenated alkanes) is 1. The average Bonchev–Trinajstić information content (AvgIpc) is 2.45. The van der Waals surface area contributed by atoms with E-state index in [4.69, 9.17) is 23.5 Å². The van der Waals surface area contributed by atoms with E-state index in [1.165, 1.54) is 0 Å². The molecule has 0 aromatic carbocycles. The summed E-state index contributed by atoms with van der Waals surface area (Å²) in [6.07, 6.45) is 1.93. The Morgan fingerprint density at radius 3 is 1.62 bits per heavy atom. The molecule has 0 saturated heterocycles. The smallest absolute Gasteiger partial charge is 0.395 e. The number of nitrogens with zero attached hydrogens (tertiary/aromatic N) is 1. The van der Waals surface area contributed by atoms with Gasteiger partial charge in [-0.25, -0.2) is 0 Å². The summed E-state index contributed by atoms with van der Waals surface area (Å²) in [6.45, 7) is 10.0. The van der Waals surface area contributed by atoms with Crippen molar-refractivity contribution in [2.24, 2.45) is 0 Å². The molecule has 21 heavy (non-hydrogen) atoms. The molecule has 128 valence electrons. The second-order valence-electron chi connectivity index (χ2n) is 4.73. The van der Waals surface area contributed by atoms with Crippen molar-refractivity contribution in [2.75, 3.05) is 52.7 Å². The highest BCUT2D eigenvalue weighted by molar-refractivity contribution is 6.60. The fourth-order valence-electron chi connectivity index (χ4n) is 2.30. The molecular formula is C14H33NO5Si. The molecule has 0 aromatic heterocycles. The summed E-state index contributed by atoms with van der Waals surface area (Å²) in [5.41, 5.74) is 0. The average molecular weight is 324 g/mol. The first-order chi connectivity index (χ1) is 10.2. The topological polar surface area (TPSA) is 71.4 Å². The van der Waals surface area contributed by atoms with Gasteiger partial charge in [0.1, 0.15) is 0 Å². The van der Waals surface area contributed by atoms with E-state index < -0.39 is 8.80 Å². The van der Waals surface area contributed by atoms with Gasteiger partial charge >= 0.3 is 8.80 Å². The third-order valence-corrected chi connectivity index (χ3v) is 6.28. The third kappa shape index (κ3) is 9.57. The fourth-order valence-corrected chi connectivity index (χ4v) is 4.98. The Morgan fingerprint density at radius 1 is 0.762 bits per heavy atom. The summed E-state index contributed by atoms with van der Waals surface area (Å²) in [4.78, 5) is 2.06. The zero-order chi connectivity index (χ0) is 16.0. The molecule has 0 bridgehead atoms. The molecule has 0 spiro atoms. The van der Waals surface area contributed by atoms with E-state index in [2.05, 4.69) is 4.90 Å². The van der Waals surface area contributed by atoms with Crippen LogP contribution in [0.5, 0.6) is 0 Å². The summed E-state index contributed by atoms with van der Waals surface area (Å²) in [5.74, 6) is 0. The maximum absolute atomic E-state index is 8.98. The Kier molecular flexibility index (Phi) is 13.6. The SMILES string of the molecule is CCO[Si](CCCCN(CCO)CCO)(OCC)OCC. The van der Waals surface area contributed by atoms with Crippen molar-refractivity contribution in [3.05, 3.63) is 0 Å². The van der Waals surface area contributed by atoms with Crippen LogP contribution in [0.1, 0.15) is 33.6 Å². The minimum atomic E-state index is -2.52. The lowest BCUT2D eigenvalue weighted by atomic mass is 10.3. The summed E-state index contributed by atoms with van der Waals surface area (Å²) in [5, 5.41) is 18.0. The highest BCUT2D eigenvalue weighted by Gasteiger charge is 2.39. The van der Waals surface area contributed by atoms with Gasteiger partial charge in [0.25, 0.3) is 0 Å². The lowest BCUT2D eigenvalue weighted by Gasteiger charge is -2.28. The van der Waals surface area contributed by atoms with Crippen LogP contribution in [0, 0.1) is 0 Å². The Morgan fingerprint density at radius 2 is 1.24 bits per heavy atom. The Labute approximate surface area is 130 Å². The summed E-state index contributed by atoms with van der Waals surface area (Å²) in [6, 6.07) is 0.814. The van der Waals surface area contributed by atoms with Crippen LogP contribution < -0.4 is 0 Å². The zero-order valence-electron chi connectivity index (χ0n) is 13.8. The number of aliphatic hydroxyl groups excluding tert-OH is 2. The van der Waals surface area contributed by atoms with Crippen LogP contribution in [0.3, 0.4) is 0 Å². The number of aliphatic hydroxyl groups is 2. The predicted molar refractivity (Wildman–Crippen MR) is 85.3 cm³/mol. The van der Waals surface area contributed by atoms with Gasteiger partial charge in [-0.05, 0) is 40.2 Å². The van der Waals surface area contributed by atoms with E-state index >= 15 is 0 Å². The lowest BCUT2D eigenvalue weighted by Crippen LogP contribution is -2.46. The fraction of sp³-hybridized carbons (Fsp3) is 1.00. The predicted octanol–water partition coefficient (Wildman–Crippen LogP) is 1.10. The van der Waals surface area contributed by atoms with Crippen molar-refractivity contribution in [1.82, 2.24) is 4.90 Å². The molecule has 0 unspecified atom stereocenters. The van der Waals surface area contributed by atoms with Crippen molar-refractivity contribution in [1.29, 1.82) is 0 Å². The molecular weight excluding hydrogens is 290 g/mol. The summed E-state index contributed by atoms with van der Waals surface area (Å²) < 4.78 is 17.4. The minimum Gasteiger partial charge on any atom is -0.395 e. The quantitative estimate of drug-likeness (QED) is 0.347. The standard InChI is InChI=1S/C14H33NO5Si/c1-4-18-21(19-5-2,20-6-3)14-8-7-9-15(10-12-16)11-13-17/h16-17H,4-14H2,1-3H3. The largest absolute Gasteiger partial charge is 0.500 e. The second-order valence-corrected chi connectivity index (χ2v) is 7.46. The van der Waals surface area contributed by atoms with Gasteiger partial charge in [-0.2, -0.15) is 0 Å². The number of hydrogen-bond acceptors (Lipinski definition) is 6. The van der Waals surface area contributed by atoms with E-state index in [0.717, 1.165) is 25.4 Å². The van der Waals surface area contributed by atoms with Crippen LogP contribution in [0.15, 0.2) is 0 Å². The van der Waals surface area contributed by atoms with Crippen LogP contribution >= 0.6 is 0 Å². The van der Waals surface area contributed by atoms with Crippen molar-refractivity contribution in [2.45, 2.75) is 39.7 Å². The highest BCUT2D eigenvalue weighted by Crippen LogP contribution is 2.19. The van der Waals surface area contributed by atoms with Crippen LogP contribution in [0.4, 0.5) is 0 Å². The maximum atomic E-state index is 8.98. The monoisotopic (exact) mass is 323 g/mol. The third-order valence-electron chi connectivity index (χ3n) is 3.13. The maximum Gasteiger partial charge on any atom is 0.500 e. The van der Waals surface area contributed by atoms with Gasteiger partial charge in [0, 0.05) is 39.0 Å². The summed E-state index contributed by atoms with van der Waals surface area (Å²) in [7, 11) is -2.52.